The number of hydrogen-bond donors (Lipinski definition) is 0. The zero-order valence-electron chi connectivity index (χ0n) is 20.3. The molecule has 8 bridgehead atoms. The molecule has 1 saturated heterocycles. The lowest BCUT2D eigenvalue weighted by atomic mass is 9.49. The minimum atomic E-state index is -0.0996. The smallest absolute Gasteiger partial charge is 0.230 e. The zero-order chi connectivity index (χ0) is 21.9. The summed E-state index contributed by atoms with van der Waals surface area (Å²) in [6.07, 6.45) is 15.0. The van der Waals surface area contributed by atoms with Gasteiger partial charge in [0.15, 0.2) is 0 Å². The van der Waals surface area contributed by atoms with Gasteiger partial charge in [-0.25, -0.2) is 0 Å². The van der Waals surface area contributed by atoms with Crippen LogP contribution in [0.4, 0.5) is 0 Å². The Balaban J connectivity index is 1.14. The van der Waals surface area contributed by atoms with Gasteiger partial charge in [0, 0.05) is 18.5 Å². The van der Waals surface area contributed by atoms with Gasteiger partial charge < -0.3 is 9.80 Å². The Labute approximate surface area is 193 Å². The lowest BCUT2D eigenvalue weighted by Crippen LogP contribution is -2.64. The van der Waals surface area contributed by atoms with E-state index in [1.54, 1.807) is 0 Å². The molecule has 8 saturated carbocycles. The molecule has 0 N–H and O–H groups in total. The largest absolute Gasteiger partial charge is 0.324 e. The molecule has 9 aliphatic rings. The third-order valence-corrected chi connectivity index (χ3v) is 11.1. The minimum Gasteiger partial charge on any atom is -0.324 e. The topological polar surface area (TPSA) is 40.6 Å². The highest BCUT2D eigenvalue weighted by Crippen LogP contribution is 2.62. The summed E-state index contributed by atoms with van der Waals surface area (Å²) >= 11 is 0. The summed E-state index contributed by atoms with van der Waals surface area (Å²) in [6, 6.07) is 0. The van der Waals surface area contributed by atoms with E-state index < -0.39 is 0 Å². The van der Waals surface area contributed by atoms with E-state index in [0.717, 1.165) is 87.1 Å². The molecular weight excluding hydrogens is 396 g/mol. The van der Waals surface area contributed by atoms with E-state index in [9.17, 15) is 9.59 Å². The fraction of sp³-hybridized carbons (Fsp3) is 0.929. The first-order valence-corrected chi connectivity index (χ1v) is 13.8. The maximum Gasteiger partial charge on any atom is 0.230 e. The number of carbonyl (C=O) groups is 2. The number of hydrogen-bond acceptors (Lipinski definition) is 2. The SMILES string of the molecule is CC1(C)CN(C(=O)C23CC4CC(CC(C4)C2)C3)CN(C(=O)C23CC4CC(CC(C4)C2)C3)C1. The van der Waals surface area contributed by atoms with Crippen molar-refractivity contribution in [3.63, 3.8) is 0 Å². The second kappa shape index (κ2) is 6.54. The van der Waals surface area contributed by atoms with Crippen LogP contribution in [-0.2, 0) is 9.59 Å². The molecule has 0 unspecified atom stereocenters. The fourth-order valence-corrected chi connectivity index (χ4v) is 11.1. The molecule has 8 aliphatic carbocycles. The summed E-state index contributed by atoms with van der Waals surface area (Å²) < 4.78 is 0. The maximum absolute atomic E-state index is 14.1. The van der Waals surface area contributed by atoms with Gasteiger partial charge in [0.05, 0.1) is 17.5 Å². The predicted molar refractivity (Wildman–Crippen MR) is 123 cm³/mol. The van der Waals surface area contributed by atoms with Crippen molar-refractivity contribution in [2.45, 2.75) is 90.9 Å². The highest BCUT2D eigenvalue weighted by atomic mass is 16.2. The van der Waals surface area contributed by atoms with Crippen LogP contribution in [0.3, 0.4) is 0 Å². The third-order valence-electron chi connectivity index (χ3n) is 11.1. The molecule has 0 radical (unpaired) electrons. The number of rotatable bonds is 2. The Morgan fingerprint density at radius 2 is 0.844 bits per heavy atom. The van der Waals surface area contributed by atoms with Crippen molar-refractivity contribution in [2.24, 2.45) is 51.8 Å². The summed E-state index contributed by atoms with van der Waals surface area (Å²) in [5, 5.41) is 0. The van der Waals surface area contributed by atoms with Gasteiger partial charge in [-0.1, -0.05) is 13.8 Å². The summed E-state index contributed by atoms with van der Waals surface area (Å²) in [6.45, 7) is 6.74. The summed E-state index contributed by atoms with van der Waals surface area (Å²) in [5.74, 6) is 5.53. The summed E-state index contributed by atoms with van der Waals surface area (Å²) in [4.78, 5) is 32.6. The molecule has 4 nitrogen and oxygen atoms in total. The second-order valence-electron chi connectivity index (χ2n) is 14.7. The van der Waals surface area contributed by atoms with E-state index in [1.807, 2.05) is 0 Å². The first-order chi connectivity index (χ1) is 15.2. The number of amides is 2. The van der Waals surface area contributed by atoms with Crippen LogP contribution in [0.5, 0.6) is 0 Å². The van der Waals surface area contributed by atoms with E-state index in [2.05, 4.69) is 23.6 Å². The van der Waals surface area contributed by atoms with Crippen molar-refractivity contribution in [3.05, 3.63) is 0 Å². The summed E-state index contributed by atoms with van der Waals surface area (Å²) in [5.41, 5.74) is -0.219. The standard InChI is InChI=1S/C28H42N2O2/c1-26(2)15-29(24(31)27-9-18-3-19(10-27)5-20(4-18)11-27)17-30(16-26)25(32)28-12-21-6-22(13-28)8-23(7-21)14-28/h18-23H,3-17H2,1-2H3. The van der Waals surface area contributed by atoms with Gasteiger partial charge in [0.1, 0.15) is 0 Å². The second-order valence-corrected chi connectivity index (χ2v) is 14.7. The van der Waals surface area contributed by atoms with E-state index in [-0.39, 0.29) is 16.2 Å². The minimum absolute atomic E-state index is 0.0197. The van der Waals surface area contributed by atoms with Crippen molar-refractivity contribution in [2.75, 3.05) is 19.8 Å². The van der Waals surface area contributed by atoms with Crippen LogP contribution in [0, 0.1) is 51.8 Å². The molecule has 176 valence electrons. The van der Waals surface area contributed by atoms with Crippen molar-refractivity contribution in [1.29, 1.82) is 0 Å². The van der Waals surface area contributed by atoms with Crippen LogP contribution < -0.4 is 0 Å². The first kappa shape index (κ1) is 20.3. The van der Waals surface area contributed by atoms with Gasteiger partial charge in [0.2, 0.25) is 11.8 Å². The van der Waals surface area contributed by atoms with Crippen molar-refractivity contribution >= 4 is 11.8 Å². The maximum atomic E-state index is 14.1. The molecule has 1 aliphatic heterocycles. The summed E-state index contributed by atoms with van der Waals surface area (Å²) in [7, 11) is 0. The first-order valence-electron chi connectivity index (χ1n) is 13.8. The molecule has 9 rings (SSSR count). The Hall–Kier alpha value is -1.06. The fourth-order valence-electron chi connectivity index (χ4n) is 11.1. The van der Waals surface area contributed by atoms with E-state index in [0.29, 0.717) is 18.5 Å². The van der Waals surface area contributed by atoms with Gasteiger partial charge in [-0.3, -0.25) is 9.59 Å². The molecule has 2 amide bonds. The van der Waals surface area contributed by atoms with Crippen LogP contribution in [-0.4, -0.2) is 41.4 Å². The van der Waals surface area contributed by atoms with Gasteiger partial charge >= 0.3 is 0 Å². The average Bonchev–Trinajstić information content (AvgIpc) is 2.69. The highest BCUT2D eigenvalue weighted by Gasteiger charge is 2.59. The molecule has 9 fully saturated rings. The van der Waals surface area contributed by atoms with E-state index in [4.69, 9.17) is 0 Å². The predicted octanol–water partition coefficient (Wildman–Crippen LogP) is 5.07. The molecular formula is C28H42N2O2. The van der Waals surface area contributed by atoms with Crippen molar-refractivity contribution in [3.8, 4) is 0 Å². The third kappa shape index (κ3) is 2.99. The lowest BCUT2D eigenvalue weighted by Gasteiger charge is -2.59. The van der Waals surface area contributed by atoms with Crippen LogP contribution in [0.25, 0.3) is 0 Å². The molecule has 1 heterocycles. The van der Waals surface area contributed by atoms with Gasteiger partial charge in [0.25, 0.3) is 0 Å². The molecule has 0 aromatic rings. The molecule has 32 heavy (non-hydrogen) atoms. The van der Waals surface area contributed by atoms with Crippen LogP contribution in [0.15, 0.2) is 0 Å². The monoisotopic (exact) mass is 438 g/mol. The highest BCUT2D eigenvalue weighted by molar-refractivity contribution is 5.86. The Morgan fingerprint density at radius 1 is 0.562 bits per heavy atom. The van der Waals surface area contributed by atoms with Crippen molar-refractivity contribution in [1.82, 2.24) is 9.80 Å². The van der Waals surface area contributed by atoms with E-state index in [1.165, 1.54) is 38.5 Å². The Kier molecular flexibility index (Phi) is 4.15. The molecule has 0 aromatic carbocycles. The number of carbonyl (C=O) groups excluding carboxylic acids is 2. The average molecular weight is 439 g/mol. The van der Waals surface area contributed by atoms with Gasteiger partial charge in [-0.2, -0.15) is 0 Å². The lowest BCUT2D eigenvalue weighted by molar-refractivity contribution is -0.175. The quantitative estimate of drug-likeness (QED) is 0.604. The van der Waals surface area contributed by atoms with Crippen LogP contribution >= 0.6 is 0 Å². The molecule has 0 spiro atoms. The van der Waals surface area contributed by atoms with Crippen LogP contribution in [0.2, 0.25) is 0 Å². The Bertz CT molecular complexity index is 708. The number of nitrogens with zero attached hydrogens (tertiary/aromatic N) is 2. The molecule has 4 heteroatoms. The Morgan fingerprint density at radius 3 is 1.12 bits per heavy atom. The van der Waals surface area contributed by atoms with Gasteiger partial charge in [-0.05, 0) is 113 Å². The van der Waals surface area contributed by atoms with Gasteiger partial charge in [-0.15, -0.1) is 0 Å². The van der Waals surface area contributed by atoms with E-state index >= 15 is 0 Å². The van der Waals surface area contributed by atoms with Crippen LogP contribution in [0.1, 0.15) is 90.9 Å². The zero-order valence-corrected chi connectivity index (χ0v) is 20.3. The normalized spacial score (nSPS) is 50.2. The molecule has 0 atom stereocenters. The molecule has 0 aromatic heterocycles. The van der Waals surface area contributed by atoms with Crippen molar-refractivity contribution < 1.29 is 9.59 Å².